The molecule has 1 aromatic heterocycles. The molecule has 2 bridgehead atoms. The molecule has 0 spiro atoms. The Balaban J connectivity index is 1.45. The summed E-state index contributed by atoms with van der Waals surface area (Å²) in [5, 5.41) is 15.8. The second-order valence-electron chi connectivity index (χ2n) is 18.5. The molecule has 0 unspecified atom stereocenters. The van der Waals surface area contributed by atoms with Crippen LogP contribution in [-0.2, 0) is 14.3 Å². The Labute approximate surface area is 296 Å². The maximum Gasteiger partial charge on any atom is 0.307 e. The minimum absolute atomic E-state index is 0.00779. The molecule has 2 heterocycles. The molecule has 47 heavy (non-hydrogen) atoms. The number of aromatic nitrogens is 3. The summed E-state index contributed by atoms with van der Waals surface area (Å²) in [4.78, 5) is 18.0. The number of fused-ring (bicyclic) bond motifs is 3. The predicted octanol–water partition coefficient (Wildman–Crippen LogP) is 7.77. The molecule has 1 aliphatic heterocycles. The van der Waals surface area contributed by atoms with E-state index in [4.69, 9.17) is 20.3 Å². The van der Waals surface area contributed by atoms with Gasteiger partial charge in [0, 0.05) is 39.0 Å². The van der Waals surface area contributed by atoms with Crippen LogP contribution in [-0.4, -0.2) is 57.3 Å². The Bertz CT molecular complexity index is 1410. The molecular formula is C38H61IN4O4. The largest absolute Gasteiger partial charge is 0.481 e. The van der Waals surface area contributed by atoms with Crippen LogP contribution in [0.15, 0.2) is 18.0 Å². The van der Waals surface area contributed by atoms with Crippen LogP contribution in [0.5, 0.6) is 0 Å². The van der Waals surface area contributed by atoms with Crippen LogP contribution >= 0.6 is 22.6 Å². The van der Waals surface area contributed by atoms with Gasteiger partial charge in [-0.05, 0) is 91.3 Å². The fourth-order valence-corrected chi connectivity index (χ4v) is 12.6. The maximum atomic E-state index is 13.4. The summed E-state index contributed by atoms with van der Waals surface area (Å²) in [6, 6.07) is -0.00779. The van der Waals surface area contributed by atoms with Crippen molar-refractivity contribution < 1.29 is 19.4 Å². The second-order valence-corrected chi connectivity index (χ2v) is 19.4. The molecule has 5 aliphatic rings. The molecule has 12 atom stereocenters. The van der Waals surface area contributed by atoms with E-state index in [1.54, 1.807) is 6.33 Å². The number of carbonyl (C=O) groups is 1. The van der Waals surface area contributed by atoms with Crippen molar-refractivity contribution >= 4 is 28.6 Å². The van der Waals surface area contributed by atoms with Gasteiger partial charge in [-0.3, -0.25) is 4.79 Å². The van der Waals surface area contributed by atoms with Crippen LogP contribution in [0.2, 0.25) is 0 Å². The summed E-state index contributed by atoms with van der Waals surface area (Å²) in [5.74, 6) is 0.746. The molecule has 0 aromatic carbocycles. The van der Waals surface area contributed by atoms with Gasteiger partial charge in [-0.25, -0.2) is 9.67 Å². The molecule has 0 radical (unpaired) electrons. The van der Waals surface area contributed by atoms with Gasteiger partial charge in [0.25, 0.3) is 0 Å². The highest BCUT2D eigenvalue weighted by molar-refractivity contribution is 14.1. The third-order valence-corrected chi connectivity index (χ3v) is 16.6. The molecule has 1 aromatic rings. The standard InChI is InChI=1S/C38H61IN4O4/c1-22(2)24(5)33(6)15-16-35(8)25-11-12-28-34(7)18-46-20-38(28,26(25)13-14-36(35,9)29(33)31(44)45)17-27(43-32(39)41-21-42-43)30(34)47-19-37(10,40)23(3)4/h13,21-25,27-30H,11-12,14-20,40H2,1-10H3,(H,44,45)/t24-,25+,27-,28+,29-,30+,33-,34+,35-,36+,37+,38+/m1/s1. The molecule has 3 saturated carbocycles. The number of allylic oxidation sites excluding steroid dienone is 1. The molecule has 4 fully saturated rings. The van der Waals surface area contributed by atoms with Gasteiger partial charge in [0.2, 0.25) is 0 Å². The molecule has 0 amide bonds. The smallest absolute Gasteiger partial charge is 0.307 e. The molecular weight excluding hydrogens is 703 g/mol. The van der Waals surface area contributed by atoms with E-state index in [-0.39, 0.29) is 45.1 Å². The molecule has 8 nitrogen and oxygen atoms in total. The Morgan fingerprint density at radius 3 is 2.45 bits per heavy atom. The maximum absolute atomic E-state index is 13.4. The fraction of sp³-hybridized carbons (Fsp3) is 0.868. The Morgan fingerprint density at radius 2 is 1.85 bits per heavy atom. The number of ether oxygens (including phenoxy) is 2. The monoisotopic (exact) mass is 764 g/mol. The van der Waals surface area contributed by atoms with Gasteiger partial charge in [0.1, 0.15) is 6.33 Å². The lowest BCUT2D eigenvalue weighted by Gasteiger charge is -2.71. The number of aliphatic carboxylic acids is 1. The molecule has 264 valence electrons. The number of halogens is 1. The molecule has 3 N–H and O–H groups in total. The second kappa shape index (κ2) is 11.8. The number of carboxylic acids is 1. The van der Waals surface area contributed by atoms with Crippen LogP contribution in [0.3, 0.4) is 0 Å². The lowest BCUT2D eigenvalue weighted by atomic mass is 9.34. The average molecular weight is 765 g/mol. The topological polar surface area (TPSA) is 112 Å². The van der Waals surface area contributed by atoms with Gasteiger partial charge in [-0.2, -0.15) is 5.10 Å². The van der Waals surface area contributed by atoms with E-state index in [0.717, 1.165) is 42.4 Å². The van der Waals surface area contributed by atoms with E-state index in [0.29, 0.717) is 43.5 Å². The van der Waals surface area contributed by atoms with Gasteiger partial charge in [0.05, 0.1) is 37.9 Å². The SMILES string of the molecule is CC(C)[C@@H](C)[C@@]1(C)CC[C@]2(C)[C@H]3CC[C@@H]4[C@@]5(COC[C@]4(C)[C@@H](OC[C@](C)(N)C(C)C)[C@H](n4ncnc4I)C5)C3=CC[C@@]2(C)[C@@H]1C(=O)O. The van der Waals surface area contributed by atoms with Gasteiger partial charge in [-0.15, -0.1) is 0 Å². The highest BCUT2D eigenvalue weighted by Gasteiger charge is 2.72. The van der Waals surface area contributed by atoms with E-state index < -0.39 is 17.4 Å². The number of hydrogen-bond donors (Lipinski definition) is 2. The molecule has 6 rings (SSSR count). The molecule has 1 saturated heterocycles. The van der Waals surface area contributed by atoms with Gasteiger partial charge >= 0.3 is 5.97 Å². The minimum Gasteiger partial charge on any atom is -0.481 e. The van der Waals surface area contributed by atoms with E-state index in [1.807, 2.05) is 0 Å². The van der Waals surface area contributed by atoms with Crippen molar-refractivity contribution in [1.82, 2.24) is 14.8 Å². The summed E-state index contributed by atoms with van der Waals surface area (Å²) in [7, 11) is 0. The van der Waals surface area contributed by atoms with E-state index >= 15 is 0 Å². The zero-order valence-electron chi connectivity index (χ0n) is 30.6. The number of nitrogens with two attached hydrogens (primary N) is 1. The van der Waals surface area contributed by atoms with Gasteiger partial charge in [0.15, 0.2) is 3.83 Å². The predicted molar refractivity (Wildman–Crippen MR) is 193 cm³/mol. The van der Waals surface area contributed by atoms with Crippen LogP contribution in [0.1, 0.15) is 114 Å². The van der Waals surface area contributed by atoms with E-state index in [1.165, 1.54) is 5.57 Å². The lowest BCUT2D eigenvalue weighted by Crippen LogP contribution is -2.69. The van der Waals surface area contributed by atoms with Crippen molar-refractivity contribution in [1.29, 1.82) is 0 Å². The third-order valence-electron chi connectivity index (χ3n) is 15.8. The summed E-state index contributed by atoms with van der Waals surface area (Å²) >= 11 is 2.31. The third kappa shape index (κ3) is 4.99. The van der Waals surface area contributed by atoms with Crippen molar-refractivity contribution in [3.8, 4) is 0 Å². The Kier molecular flexibility index (Phi) is 8.95. The van der Waals surface area contributed by atoms with Crippen LogP contribution in [0, 0.1) is 66.4 Å². The van der Waals surface area contributed by atoms with Crippen LogP contribution in [0.4, 0.5) is 0 Å². The minimum atomic E-state index is -0.613. The first-order chi connectivity index (χ1) is 21.8. The molecule has 9 heteroatoms. The highest BCUT2D eigenvalue weighted by atomic mass is 127. The fourth-order valence-electron chi connectivity index (χ4n) is 12.0. The summed E-state index contributed by atoms with van der Waals surface area (Å²) in [6.07, 6.45) is 9.92. The number of hydrogen-bond acceptors (Lipinski definition) is 6. The zero-order chi connectivity index (χ0) is 34.5. The molecule has 4 aliphatic carbocycles. The van der Waals surface area contributed by atoms with Crippen molar-refractivity contribution in [3.05, 3.63) is 21.8 Å². The zero-order valence-corrected chi connectivity index (χ0v) is 32.8. The number of nitrogens with zero attached hydrogens (tertiary/aromatic N) is 3. The van der Waals surface area contributed by atoms with Gasteiger partial charge in [-0.1, -0.05) is 74.0 Å². The van der Waals surface area contributed by atoms with Crippen molar-refractivity contribution in [2.24, 2.45) is 68.3 Å². The number of rotatable bonds is 8. The van der Waals surface area contributed by atoms with Crippen molar-refractivity contribution in [3.63, 3.8) is 0 Å². The normalized spacial score (nSPS) is 45.0. The number of carboxylic acid groups (broad SMARTS) is 1. The average Bonchev–Trinajstić information content (AvgIpc) is 3.41. The van der Waals surface area contributed by atoms with E-state index in [9.17, 15) is 9.90 Å². The van der Waals surface area contributed by atoms with E-state index in [2.05, 4.69) is 108 Å². The first-order valence-electron chi connectivity index (χ1n) is 18.3. The lowest BCUT2D eigenvalue weighted by molar-refractivity contribution is -0.253. The summed E-state index contributed by atoms with van der Waals surface area (Å²) in [6.45, 7) is 24.5. The summed E-state index contributed by atoms with van der Waals surface area (Å²) in [5.41, 5.74) is 6.77. The van der Waals surface area contributed by atoms with Crippen molar-refractivity contribution in [2.45, 2.75) is 125 Å². The van der Waals surface area contributed by atoms with Crippen LogP contribution in [0.25, 0.3) is 0 Å². The highest BCUT2D eigenvalue weighted by Crippen LogP contribution is 2.75. The summed E-state index contributed by atoms with van der Waals surface area (Å²) < 4.78 is 16.7. The van der Waals surface area contributed by atoms with Gasteiger partial charge < -0.3 is 20.3 Å². The Morgan fingerprint density at radius 1 is 1.15 bits per heavy atom. The first-order valence-corrected chi connectivity index (χ1v) is 19.3. The Hall–Kier alpha value is -1.04. The quantitative estimate of drug-likeness (QED) is 0.206. The van der Waals surface area contributed by atoms with Crippen molar-refractivity contribution in [2.75, 3.05) is 19.8 Å². The van der Waals surface area contributed by atoms with Crippen LogP contribution < -0.4 is 5.73 Å². The first kappa shape index (κ1) is 35.8.